The Bertz CT molecular complexity index is 694. The molecule has 1 aromatic rings. The third kappa shape index (κ3) is 4.91. The van der Waals surface area contributed by atoms with Crippen molar-refractivity contribution in [1.29, 1.82) is 0 Å². The molecule has 0 radical (unpaired) electrons. The summed E-state index contributed by atoms with van der Waals surface area (Å²) in [4.78, 5) is 32.9. The second kappa shape index (κ2) is 8.61. The second-order valence-electron chi connectivity index (χ2n) is 8.39. The van der Waals surface area contributed by atoms with Gasteiger partial charge in [0.1, 0.15) is 12.4 Å². The summed E-state index contributed by atoms with van der Waals surface area (Å²) in [5, 5.41) is 2.83. The summed E-state index contributed by atoms with van der Waals surface area (Å²) >= 11 is 0. The van der Waals surface area contributed by atoms with E-state index >= 15 is 0 Å². The first kappa shape index (κ1) is 19.4. The van der Waals surface area contributed by atoms with Gasteiger partial charge >= 0.3 is 0 Å². The Labute approximate surface area is 165 Å². The average molecular weight is 390 g/mol. The first-order valence-corrected chi connectivity index (χ1v) is 10.4. The SMILES string of the molecule is Cc1ocnc1C(=O)NC[C@H]1CN(CC2CCN(CC3CC3)CC2)C(=O)CO1. The van der Waals surface area contributed by atoms with Crippen molar-refractivity contribution >= 4 is 11.8 Å². The number of morpholine rings is 1. The molecule has 4 rings (SSSR count). The number of carbonyl (C=O) groups excluding carboxylic acids is 2. The van der Waals surface area contributed by atoms with E-state index in [1.54, 1.807) is 6.92 Å². The lowest BCUT2D eigenvalue weighted by atomic mass is 9.95. The molecular weight excluding hydrogens is 360 g/mol. The monoisotopic (exact) mass is 390 g/mol. The maximum atomic E-state index is 12.3. The Balaban J connectivity index is 1.21. The minimum absolute atomic E-state index is 0.0512. The lowest BCUT2D eigenvalue weighted by Crippen LogP contribution is -2.52. The van der Waals surface area contributed by atoms with E-state index in [0.29, 0.717) is 30.5 Å². The number of piperidine rings is 1. The fourth-order valence-corrected chi connectivity index (χ4v) is 4.12. The van der Waals surface area contributed by atoms with Gasteiger partial charge in [-0.15, -0.1) is 0 Å². The standard InChI is InChI=1S/C20H30N4O4/c1-14-19(22-13-28-14)20(26)21-8-17-11-24(18(25)12-27-17)10-16-4-6-23(7-5-16)9-15-2-3-15/h13,15-17H,2-12H2,1H3,(H,21,26)/t17-/m0/s1. The van der Waals surface area contributed by atoms with Gasteiger partial charge in [-0.1, -0.05) is 0 Å². The number of nitrogens with one attached hydrogen (secondary N) is 1. The van der Waals surface area contributed by atoms with E-state index in [4.69, 9.17) is 9.15 Å². The van der Waals surface area contributed by atoms with Crippen molar-refractivity contribution in [2.75, 3.05) is 45.9 Å². The summed E-state index contributed by atoms with van der Waals surface area (Å²) in [5.74, 6) is 1.77. The van der Waals surface area contributed by atoms with E-state index in [0.717, 1.165) is 38.4 Å². The lowest BCUT2D eigenvalue weighted by molar-refractivity contribution is -0.149. The van der Waals surface area contributed by atoms with Crippen LogP contribution in [-0.2, 0) is 9.53 Å². The van der Waals surface area contributed by atoms with Crippen molar-refractivity contribution in [1.82, 2.24) is 20.1 Å². The van der Waals surface area contributed by atoms with Crippen LogP contribution >= 0.6 is 0 Å². The number of ether oxygens (including phenoxy) is 1. The van der Waals surface area contributed by atoms with Crippen molar-refractivity contribution in [2.45, 2.75) is 38.7 Å². The Hall–Kier alpha value is -1.93. The number of aryl methyl sites for hydroxylation is 1. The first-order valence-electron chi connectivity index (χ1n) is 10.4. The van der Waals surface area contributed by atoms with Crippen molar-refractivity contribution in [3.05, 3.63) is 17.8 Å². The summed E-state index contributed by atoms with van der Waals surface area (Å²) < 4.78 is 10.7. The van der Waals surface area contributed by atoms with Gasteiger partial charge in [0, 0.05) is 26.2 Å². The number of oxazole rings is 1. The van der Waals surface area contributed by atoms with Gasteiger partial charge in [-0.2, -0.15) is 0 Å². The zero-order chi connectivity index (χ0) is 19.5. The molecule has 3 fully saturated rings. The van der Waals surface area contributed by atoms with Gasteiger partial charge in [0.15, 0.2) is 12.1 Å². The van der Waals surface area contributed by atoms with Crippen LogP contribution in [0.25, 0.3) is 0 Å². The van der Waals surface area contributed by atoms with Crippen LogP contribution in [0.5, 0.6) is 0 Å². The smallest absolute Gasteiger partial charge is 0.273 e. The van der Waals surface area contributed by atoms with Gasteiger partial charge in [-0.3, -0.25) is 9.59 Å². The molecule has 0 bridgehead atoms. The molecule has 8 heteroatoms. The molecule has 28 heavy (non-hydrogen) atoms. The van der Waals surface area contributed by atoms with Crippen LogP contribution in [0, 0.1) is 18.8 Å². The largest absolute Gasteiger partial charge is 0.448 e. The maximum absolute atomic E-state index is 12.3. The predicted octanol–water partition coefficient (Wildman–Crippen LogP) is 1.06. The molecule has 0 unspecified atom stereocenters. The zero-order valence-electron chi connectivity index (χ0n) is 16.6. The molecule has 2 saturated heterocycles. The highest BCUT2D eigenvalue weighted by Gasteiger charge is 2.31. The molecule has 2 amide bonds. The number of amides is 2. The number of hydrogen-bond donors (Lipinski definition) is 1. The number of hydrogen-bond acceptors (Lipinski definition) is 6. The van der Waals surface area contributed by atoms with Gasteiger partial charge in [-0.05, 0) is 57.5 Å². The summed E-state index contributed by atoms with van der Waals surface area (Å²) in [6, 6.07) is 0. The van der Waals surface area contributed by atoms with Crippen molar-refractivity contribution in [3.63, 3.8) is 0 Å². The third-order valence-electron chi connectivity index (χ3n) is 6.07. The number of rotatable bonds is 7. The van der Waals surface area contributed by atoms with E-state index < -0.39 is 0 Å². The molecule has 2 aliphatic heterocycles. The number of likely N-dealkylation sites (tertiary alicyclic amines) is 1. The molecule has 0 aromatic carbocycles. The molecule has 8 nitrogen and oxygen atoms in total. The van der Waals surface area contributed by atoms with Crippen LogP contribution in [0.2, 0.25) is 0 Å². The van der Waals surface area contributed by atoms with E-state index in [-0.39, 0.29) is 24.5 Å². The van der Waals surface area contributed by atoms with Gasteiger partial charge in [0.25, 0.3) is 5.91 Å². The highest BCUT2D eigenvalue weighted by atomic mass is 16.5. The highest BCUT2D eigenvalue weighted by Crippen LogP contribution is 2.31. The molecular formula is C20H30N4O4. The number of aromatic nitrogens is 1. The Morgan fingerprint density at radius 1 is 1.21 bits per heavy atom. The van der Waals surface area contributed by atoms with E-state index in [1.807, 2.05) is 4.90 Å². The Morgan fingerprint density at radius 3 is 2.64 bits per heavy atom. The van der Waals surface area contributed by atoms with Crippen LogP contribution in [0.1, 0.15) is 41.9 Å². The summed E-state index contributed by atoms with van der Waals surface area (Å²) in [6.45, 7) is 7.03. The summed E-state index contributed by atoms with van der Waals surface area (Å²) in [5.41, 5.74) is 0.293. The predicted molar refractivity (Wildman–Crippen MR) is 102 cm³/mol. The topological polar surface area (TPSA) is 87.9 Å². The highest BCUT2D eigenvalue weighted by molar-refractivity contribution is 5.93. The van der Waals surface area contributed by atoms with E-state index in [9.17, 15) is 9.59 Å². The van der Waals surface area contributed by atoms with Gasteiger partial charge in [0.2, 0.25) is 5.91 Å². The molecule has 154 valence electrons. The molecule has 3 aliphatic rings. The van der Waals surface area contributed by atoms with Crippen LogP contribution in [0.15, 0.2) is 10.8 Å². The molecule has 0 spiro atoms. The van der Waals surface area contributed by atoms with Gasteiger partial charge < -0.3 is 24.3 Å². The van der Waals surface area contributed by atoms with E-state index in [1.165, 1.54) is 25.8 Å². The van der Waals surface area contributed by atoms with E-state index in [2.05, 4.69) is 15.2 Å². The minimum Gasteiger partial charge on any atom is -0.448 e. The maximum Gasteiger partial charge on any atom is 0.273 e. The van der Waals surface area contributed by atoms with Crippen molar-refractivity contribution in [3.8, 4) is 0 Å². The van der Waals surface area contributed by atoms with Crippen molar-refractivity contribution in [2.24, 2.45) is 11.8 Å². The Kier molecular flexibility index (Phi) is 5.96. The first-order chi connectivity index (χ1) is 13.6. The van der Waals surface area contributed by atoms with Crippen LogP contribution in [0.3, 0.4) is 0 Å². The molecule has 1 atom stereocenters. The van der Waals surface area contributed by atoms with Crippen LogP contribution in [0.4, 0.5) is 0 Å². The quantitative estimate of drug-likeness (QED) is 0.749. The normalized spacial score (nSPS) is 24.5. The lowest BCUT2D eigenvalue weighted by Gasteiger charge is -2.38. The number of carbonyl (C=O) groups is 2. The fourth-order valence-electron chi connectivity index (χ4n) is 4.12. The second-order valence-corrected chi connectivity index (χ2v) is 8.39. The van der Waals surface area contributed by atoms with Gasteiger partial charge in [-0.25, -0.2) is 4.98 Å². The van der Waals surface area contributed by atoms with Gasteiger partial charge in [0.05, 0.1) is 6.10 Å². The minimum atomic E-state index is -0.277. The Morgan fingerprint density at radius 2 is 1.96 bits per heavy atom. The molecule has 1 saturated carbocycles. The fraction of sp³-hybridized carbons (Fsp3) is 0.750. The molecule has 3 heterocycles. The summed E-state index contributed by atoms with van der Waals surface area (Å²) in [6.07, 6.45) is 6.18. The third-order valence-corrected chi connectivity index (χ3v) is 6.07. The van der Waals surface area contributed by atoms with Crippen molar-refractivity contribution < 1.29 is 18.7 Å². The molecule has 1 aliphatic carbocycles. The average Bonchev–Trinajstić information content (AvgIpc) is 3.41. The van der Waals surface area contributed by atoms with Crippen LogP contribution in [-0.4, -0.2) is 78.6 Å². The summed E-state index contributed by atoms with van der Waals surface area (Å²) in [7, 11) is 0. The molecule has 1 aromatic heterocycles. The number of nitrogens with zero attached hydrogens (tertiary/aromatic N) is 3. The molecule has 1 N–H and O–H groups in total. The van der Waals surface area contributed by atoms with Crippen LogP contribution < -0.4 is 5.32 Å². The zero-order valence-corrected chi connectivity index (χ0v) is 16.6.